The first-order valence-electron chi connectivity index (χ1n) is 6.25. The summed E-state index contributed by atoms with van der Waals surface area (Å²) in [5.74, 6) is -0.571. The highest BCUT2D eigenvalue weighted by molar-refractivity contribution is 5.83. The summed E-state index contributed by atoms with van der Waals surface area (Å²) in [5, 5.41) is 2.92. The molecular weight excluding hydrogens is 242 g/mol. The SMILES string of the molecule is C[C@@H](NC(=O)[C@H](C)N(C)CC(N)=O)c1ccccc1. The largest absolute Gasteiger partial charge is 0.369 e. The second kappa shape index (κ2) is 6.89. The summed E-state index contributed by atoms with van der Waals surface area (Å²) in [6.45, 7) is 3.73. The van der Waals surface area contributed by atoms with E-state index in [9.17, 15) is 9.59 Å². The molecule has 5 heteroatoms. The average Bonchev–Trinajstić information content (AvgIpc) is 2.37. The third-order valence-corrected chi connectivity index (χ3v) is 3.10. The summed E-state index contributed by atoms with van der Waals surface area (Å²) in [7, 11) is 1.70. The third-order valence-electron chi connectivity index (χ3n) is 3.10. The maximum absolute atomic E-state index is 12.0. The van der Waals surface area contributed by atoms with Gasteiger partial charge in [-0.2, -0.15) is 0 Å². The Balaban J connectivity index is 2.57. The third kappa shape index (κ3) is 4.71. The molecule has 0 fully saturated rings. The number of benzene rings is 1. The molecule has 5 nitrogen and oxygen atoms in total. The zero-order valence-corrected chi connectivity index (χ0v) is 11.6. The molecule has 0 aliphatic rings. The molecule has 0 spiro atoms. The van der Waals surface area contributed by atoms with Crippen LogP contribution >= 0.6 is 0 Å². The fourth-order valence-corrected chi connectivity index (χ4v) is 1.74. The number of nitrogens with two attached hydrogens (primary N) is 1. The van der Waals surface area contributed by atoms with Crippen LogP contribution in [0.5, 0.6) is 0 Å². The number of nitrogens with one attached hydrogen (secondary N) is 1. The molecule has 0 saturated heterocycles. The van der Waals surface area contributed by atoms with Gasteiger partial charge in [-0.3, -0.25) is 14.5 Å². The van der Waals surface area contributed by atoms with Crippen LogP contribution in [0, 0.1) is 0 Å². The minimum Gasteiger partial charge on any atom is -0.369 e. The number of carbonyl (C=O) groups is 2. The lowest BCUT2D eigenvalue weighted by molar-refractivity contribution is -0.127. The lowest BCUT2D eigenvalue weighted by Crippen LogP contribution is -2.46. The molecule has 0 heterocycles. The Labute approximate surface area is 113 Å². The molecule has 0 radical (unpaired) electrons. The molecule has 1 aromatic carbocycles. The number of nitrogens with zero attached hydrogens (tertiary/aromatic N) is 1. The molecule has 19 heavy (non-hydrogen) atoms. The highest BCUT2D eigenvalue weighted by Crippen LogP contribution is 2.11. The Bertz CT molecular complexity index is 434. The molecule has 1 rings (SSSR count). The number of hydrogen-bond acceptors (Lipinski definition) is 3. The average molecular weight is 263 g/mol. The van der Waals surface area contributed by atoms with Crippen molar-refractivity contribution in [1.29, 1.82) is 0 Å². The molecule has 2 atom stereocenters. The first-order valence-corrected chi connectivity index (χ1v) is 6.25. The normalized spacial score (nSPS) is 13.9. The van der Waals surface area contributed by atoms with Gasteiger partial charge in [-0.1, -0.05) is 30.3 Å². The Morgan fingerprint density at radius 3 is 2.37 bits per heavy atom. The van der Waals surface area contributed by atoms with Gasteiger partial charge in [-0.25, -0.2) is 0 Å². The monoisotopic (exact) mass is 263 g/mol. The van der Waals surface area contributed by atoms with E-state index in [1.54, 1.807) is 18.9 Å². The highest BCUT2D eigenvalue weighted by Gasteiger charge is 2.20. The van der Waals surface area contributed by atoms with Crippen LogP contribution in [0.3, 0.4) is 0 Å². The topological polar surface area (TPSA) is 75.4 Å². The number of amides is 2. The summed E-state index contributed by atoms with van der Waals surface area (Å²) < 4.78 is 0. The molecule has 0 bridgehead atoms. The van der Waals surface area contributed by atoms with Crippen LogP contribution in [0.15, 0.2) is 30.3 Å². The van der Waals surface area contributed by atoms with Crippen molar-refractivity contribution in [2.24, 2.45) is 5.73 Å². The maximum atomic E-state index is 12.0. The Morgan fingerprint density at radius 2 is 1.84 bits per heavy atom. The van der Waals surface area contributed by atoms with E-state index in [-0.39, 0.29) is 18.5 Å². The number of carbonyl (C=O) groups excluding carboxylic acids is 2. The highest BCUT2D eigenvalue weighted by atomic mass is 16.2. The molecule has 0 aliphatic carbocycles. The Hall–Kier alpha value is -1.88. The van der Waals surface area contributed by atoms with Gasteiger partial charge in [0.1, 0.15) is 0 Å². The molecular formula is C14H21N3O2. The van der Waals surface area contributed by atoms with Crippen LogP contribution in [-0.2, 0) is 9.59 Å². The number of rotatable bonds is 6. The van der Waals surface area contributed by atoms with Gasteiger partial charge in [0.25, 0.3) is 0 Å². The van der Waals surface area contributed by atoms with Gasteiger partial charge >= 0.3 is 0 Å². The number of primary amides is 1. The van der Waals surface area contributed by atoms with E-state index in [0.29, 0.717) is 0 Å². The van der Waals surface area contributed by atoms with Gasteiger partial charge < -0.3 is 11.1 Å². The van der Waals surface area contributed by atoms with Crippen molar-refractivity contribution in [1.82, 2.24) is 10.2 Å². The van der Waals surface area contributed by atoms with Gasteiger partial charge in [-0.15, -0.1) is 0 Å². The molecule has 104 valence electrons. The van der Waals surface area contributed by atoms with Crippen molar-refractivity contribution in [3.63, 3.8) is 0 Å². The number of likely N-dealkylation sites (N-methyl/N-ethyl adjacent to an activating group) is 1. The summed E-state index contributed by atoms with van der Waals surface area (Å²) in [6, 6.07) is 9.24. The number of hydrogen-bond donors (Lipinski definition) is 2. The first-order chi connectivity index (χ1) is 8.91. The van der Waals surface area contributed by atoms with Gasteiger partial charge in [-0.05, 0) is 26.5 Å². The Kier molecular flexibility index (Phi) is 5.51. The van der Waals surface area contributed by atoms with Crippen LogP contribution in [0.1, 0.15) is 25.5 Å². The van der Waals surface area contributed by atoms with Crippen molar-refractivity contribution >= 4 is 11.8 Å². The zero-order valence-electron chi connectivity index (χ0n) is 11.6. The second-order valence-corrected chi connectivity index (χ2v) is 4.70. The minimum atomic E-state index is -0.446. The fraction of sp³-hybridized carbons (Fsp3) is 0.429. The van der Waals surface area contributed by atoms with E-state index in [1.165, 1.54) is 0 Å². The maximum Gasteiger partial charge on any atom is 0.237 e. The lowest BCUT2D eigenvalue weighted by Gasteiger charge is -2.24. The van der Waals surface area contributed by atoms with E-state index in [2.05, 4.69) is 5.32 Å². The summed E-state index contributed by atoms with van der Waals surface area (Å²) in [4.78, 5) is 24.5. The fourth-order valence-electron chi connectivity index (χ4n) is 1.74. The van der Waals surface area contributed by atoms with Crippen LogP contribution < -0.4 is 11.1 Å². The van der Waals surface area contributed by atoms with Gasteiger partial charge in [0, 0.05) is 0 Å². The van der Waals surface area contributed by atoms with Crippen LogP contribution in [0.25, 0.3) is 0 Å². The first kappa shape index (κ1) is 15.2. The molecule has 0 saturated carbocycles. The molecule has 1 aromatic rings. The standard InChI is InChI=1S/C14H21N3O2/c1-10(12-7-5-4-6-8-12)16-14(19)11(2)17(3)9-13(15)18/h4-8,10-11H,9H2,1-3H3,(H2,15,18)(H,16,19)/t10-,11+/m1/s1. The Morgan fingerprint density at radius 1 is 1.26 bits per heavy atom. The van der Waals surface area contributed by atoms with Gasteiger partial charge in [0.2, 0.25) is 11.8 Å². The van der Waals surface area contributed by atoms with E-state index in [0.717, 1.165) is 5.56 Å². The second-order valence-electron chi connectivity index (χ2n) is 4.70. The summed E-state index contributed by atoms with van der Waals surface area (Å²) in [6.07, 6.45) is 0. The summed E-state index contributed by atoms with van der Waals surface area (Å²) in [5.41, 5.74) is 6.15. The molecule has 3 N–H and O–H groups in total. The summed E-state index contributed by atoms with van der Waals surface area (Å²) >= 11 is 0. The molecule has 0 unspecified atom stereocenters. The quantitative estimate of drug-likeness (QED) is 0.792. The van der Waals surface area contributed by atoms with Crippen LogP contribution in [0.4, 0.5) is 0 Å². The van der Waals surface area contributed by atoms with E-state index in [4.69, 9.17) is 5.73 Å². The van der Waals surface area contributed by atoms with E-state index in [1.807, 2.05) is 37.3 Å². The van der Waals surface area contributed by atoms with Crippen molar-refractivity contribution in [2.75, 3.05) is 13.6 Å². The van der Waals surface area contributed by atoms with Gasteiger partial charge in [0.15, 0.2) is 0 Å². The molecule has 2 amide bonds. The van der Waals surface area contributed by atoms with E-state index >= 15 is 0 Å². The van der Waals surface area contributed by atoms with Crippen LogP contribution in [0.2, 0.25) is 0 Å². The van der Waals surface area contributed by atoms with Crippen molar-refractivity contribution in [3.8, 4) is 0 Å². The molecule has 0 aromatic heterocycles. The van der Waals surface area contributed by atoms with Crippen molar-refractivity contribution in [2.45, 2.75) is 25.9 Å². The molecule has 0 aliphatic heterocycles. The predicted octanol–water partition coefficient (Wildman–Crippen LogP) is 0.669. The van der Waals surface area contributed by atoms with Crippen LogP contribution in [-0.4, -0.2) is 36.3 Å². The smallest absolute Gasteiger partial charge is 0.237 e. The predicted molar refractivity (Wildman–Crippen MR) is 74.3 cm³/mol. The van der Waals surface area contributed by atoms with Crippen molar-refractivity contribution in [3.05, 3.63) is 35.9 Å². The lowest BCUT2D eigenvalue weighted by atomic mass is 10.1. The van der Waals surface area contributed by atoms with Crippen molar-refractivity contribution < 1.29 is 9.59 Å². The van der Waals surface area contributed by atoms with Gasteiger partial charge in [0.05, 0.1) is 18.6 Å². The zero-order chi connectivity index (χ0) is 14.4. The van der Waals surface area contributed by atoms with E-state index < -0.39 is 11.9 Å². The minimum absolute atomic E-state index is 0.0638.